The van der Waals surface area contributed by atoms with Crippen LogP contribution in [0.15, 0.2) is 10.6 Å². The van der Waals surface area contributed by atoms with Crippen molar-refractivity contribution in [2.24, 2.45) is 0 Å². The second-order valence-electron chi connectivity index (χ2n) is 3.73. The number of rotatable bonds is 7. The maximum absolute atomic E-state index is 11.8. The number of nitrogens with one attached hydrogen (secondary N) is 1. The SMILES string of the molecule is CC(C)NCc1cc(COCC(F)F)on1. The van der Waals surface area contributed by atoms with Gasteiger partial charge in [-0.1, -0.05) is 19.0 Å². The number of ether oxygens (including phenoxy) is 1. The van der Waals surface area contributed by atoms with Crippen molar-refractivity contribution in [1.82, 2.24) is 10.5 Å². The Labute approximate surface area is 92.9 Å². The highest BCUT2D eigenvalue weighted by molar-refractivity contribution is 5.04. The summed E-state index contributed by atoms with van der Waals surface area (Å²) < 4.78 is 33.2. The normalized spacial score (nSPS) is 11.6. The van der Waals surface area contributed by atoms with Gasteiger partial charge in [0.2, 0.25) is 0 Å². The molecule has 6 heteroatoms. The zero-order chi connectivity index (χ0) is 12.0. The Balaban J connectivity index is 2.28. The summed E-state index contributed by atoms with van der Waals surface area (Å²) in [4.78, 5) is 0. The zero-order valence-electron chi connectivity index (χ0n) is 9.37. The number of nitrogens with zero attached hydrogens (tertiary/aromatic N) is 1. The van der Waals surface area contributed by atoms with E-state index in [0.29, 0.717) is 18.3 Å². The summed E-state index contributed by atoms with van der Waals surface area (Å²) in [6, 6.07) is 2.05. The van der Waals surface area contributed by atoms with Crippen LogP contribution in [0.25, 0.3) is 0 Å². The maximum atomic E-state index is 11.8. The molecule has 0 amide bonds. The van der Waals surface area contributed by atoms with Crippen molar-refractivity contribution in [3.05, 3.63) is 17.5 Å². The van der Waals surface area contributed by atoms with Gasteiger partial charge in [-0.15, -0.1) is 0 Å². The summed E-state index contributed by atoms with van der Waals surface area (Å²) in [5, 5.41) is 6.95. The van der Waals surface area contributed by atoms with Crippen molar-refractivity contribution < 1.29 is 18.0 Å². The van der Waals surface area contributed by atoms with Crippen LogP contribution in [0.3, 0.4) is 0 Å². The molecule has 0 saturated heterocycles. The number of halogens is 2. The van der Waals surface area contributed by atoms with Crippen molar-refractivity contribution >= 4 is 0 Å². The molecule has 4 nitrogen and oxygen atoms in total. The molecule has 0 radical (unpaired) electrons. The highest BCUT2D eigenvalue weighted by atomic mass is 19.3. The van der Waals surface area contributed by atoms with E-state index in [1.54, 1.807) is 6.07 Å². The first kappa shape index (κ1) is 13.1. The van der Waals surface area contributed by atoms with E-state index < -0.39 is 13.0 Å². The molecule has 0 spiro atoms. The maximum Gasteiger partial charge on any atom is 0.261 e. The van der Waals surface area contributed by atoms with Gasteiger partial charge in [-0.25, -0.2) is 8.78 Å². The molecule has 1 aromatic rings. The van der Waals surface area contributed by atoms with Gasteiger partial charge in [-0.2, -0.15) is 0 Å². The molecule has 0 atom stereocenters. The van der Waals surface area contributed by atoms with Gasteiger partial charge in [0.25, 0.3) is 6.43 Å². The van der Waals surface area contributed by atoms with E-state index in [2.05, 4.69) is 10.5 Å². The van der Waals surface area contributed by atoms with Crippen LogP contribution in [0.1, 0.15) is 25.3 Å². The molecule has 0 aliphatic carbocycles. The number of alkyl halides is 2. The molecule has 1 rings (SSSR count). The predicted molar refractivity (Wildman–Crippen MR) is 54.1 cm³/mol. The first-order valence-corrected chi connectivity index (χ1v) is 5.11. The van der Waals surface area contributed by atoms with Crippen LogP contribution < -0.4 is 5.32 Å². The molecule has 16 heavy (non-hydrogen) atoms. The van der Waals surface area contributed by atoms with Gasteiger partial charge in [0, 0.05) is 18.7 Å². The lowest BCUT2D eigenvalue weighted by Crippen LogP contribution is -2.21. The topological polar surface area (TPSA) is 47.3 Å². The minimum Gasteiger partial charge on any atom is -0.367 e. The minimum atomic E-state index is -2.45. The second-order valence-corrected chi connectivity index (χ2v) is 3.73. The van der Waals surface area contributed by atoms with E-state index in [1.165, 1.54) is 0 Å². The van der Waals surface area contributed by atoms with Gasteiger partial charge >= 0.3 is 0 Å². The quantitative estimate of drug-likeness (QED) is 0.783. The second kappa shape index (κ2) is 6.55. The van der Waals surface area contributed by atoms with Gasteiger partial charge in [-0.05, 0) is 0 Å². The first-order chi connectivity index (χ1) is 7.58. The Morgan fingerprint density at radius 2 is 2.25 bits per heavy atom. The van der Waals surface area contributed by atoms with Crippen LogP contribution in [-0.4, -0.2) is 24.2 Å². The molecule has 0 bridgehead atoms. The summed E-state index contributed by atoms with van der Waals surface area (Å²) in [7, 11) is 0. The first-order valence-electron chi connectivity index (χ1n) is 5.11. The molecule has 1 heterocycles. The molecule has 92 valence electrons. The third-order valence-electron chi connectivity index (χ3n) is 1.79. The largest absolute Gasteiger partial charge is 0.367 e. The summed E-state index contributed by atoms with van der Waals surface area (Å²) in [6.45, 7) is 4.08. The molecule has 1 aromatic heterocycles. The van der Waals surface area contributed by atoms with E-state index in [0.717, 1.165) is 5.69 Å². The van der Waals surface area contributed by atoms with Crippen LogP contribution in [-0.2, 0) is 17.9 Å². The summed E-state index contributed by atoms with van der Waals surface area (Å²) in [5.74, 6) is 0.459. The molecule has 0 aliphatic heterocycles. The standard InChI is InChI=1S/C10H16F2N2O2/c1-7(2)13-4-8-3-9(16-14-8)5-15-6-10(11)12/h3,7,10,13H,4-6H2,1-2H3. The fourth-order valence-corrected chi connectivity index (χ4v) is 1.06. The van der Waals surface area contributed by atoms with Crippen LogP contribution in [0, 0.1) is 0 Å². The third kappa shape index (κ3) is 5.18. The van der Waals surface area contributed by atoms with Gasteiger partial charge < -0.3 is 14.6 Å². The lowest BCUT2D eigenvalue weighted by Gasteiger charge is -2.03. The third-order valence-corrected chi connectivity index (χ3v) is 1.79. The number of hydrogen-bond donors (Lipinski definition) is 1. The highest BCUT2D eigenvalue weighted by Gasteiger charge is 2.07. The fraction of sp³-hybridized carbons (Fsp3) is 0.700. The Morgan fingerprint density at radius 3 is 2.88 bits per heavy atom. The molecule has 0 aromatic carbocycles. The van der Waals surface area contributed by atoms with Crippen molar-refractivity contribution in [3.63, 3.8) is 0 Å². The number of aromatic nitrogens is 1. The lowest BCUT2D eigenvalue weighted by atomic mass is 10.3. The van der Waals surface area contributed by atoms with Crippen molar-refractivity contribution in [2.75, 3.05) is 6.61 Å². The minimum absolute atomic E-state index is 0.0268. The predicted octanol–water partition coefficient (Wildman–Crippen LogP) is 1.95. The fourth-order valence-electron chi connectivity index (χ4n) is 1.06. The van der Waals surface area contributed by atoms with E-state index in [-0.39, 0.29) is 6.61 Å². The van der Waals surface area contributed by atoms with E-state index in [9.17, 15) is 8.78 Å². The average Bonchev–Trinajstić information content (AvgIpc) is 2.62. The van der Waals surface area contributed by atoms with Crippen molar-refractivity contribution in [2.45, 2.75) is 39.5 Å². The molecule has 0 unspecified atom stereocenters. The van der Waals surface area contributed by atoms with Crippen LogP contribution >= 0.6 is 0 Å². The van der Waals surface area contributed by atoms with Gasteiger partial charge in [0.15, 0.2) is 5.76 Å². The van der Waals surface area contributed by atoms with Gasteiger partial charge in [0.1, 0.15) is 13.2 Å². The molecule has 0 aliphatic rings. The van der Waals surface area contributed by atoms with Crippen molar-refractivity contribution in [1.29, 1.82) is 0 Å². The zero-order valence-corrected chi connectivity index (χ0v) is 9.37. The Morgan fingerprint density at radius 1 is 1.50 bits per heavy atom. The summed E-state index contributed by atoms with van der Waals surface area (Å²) >= 11 is 0. The monoisotopic (exact) mass is 234 g/mol. The Bertz CT molecular complexity index is 303. The van der Waals surface area contributed by atoms with E-state index in [4.69, 9.17) is 9.26 Å². The van der Waals surface area contributed by atoms with Gasteiger partial charge in [0.05, 0.1) is 5.69 Å². The van der Waals surface area contributed by atoms with E-state index in [1.807, 2.05) is 13.8 Å². The Kier molecular flexibility index (Phi) is 5.34. The molecular weight excluding hydrogens is 218 g/mol. The van der Waals surface area contributed by atoms with Gasteiger partial charge in [-0.3, -0.25) is 0 Å². The van der Waals surface area contributed by atoms with E-state index >= 15 is 0 Å². The highest BCUT2D eigenvalue weighted by Crippen LogP contribution is 2.06. The van der Waals surface area contributed by atoms with Crippen LogP contribution in [0.5, 0.6) is 0 Å². The molecular formula is C10H16F2N2O2. The molecule has 0 saturated carbocycles. The average molecular weight is 234 g/mol. The lowest BCUT2D eigenvalue weighted by molar-refractivity contribution is 0.00311. The molecule has 1 N–H and O–H groups in total. The van der Waals surface area contributed by atoms with Crippen molar-refractivity contribution in [3.8, 4) is 0 Å². The summed E-state index contributed by atoms with van der Waals surface area (Å²) in [6.07, 6.45) is -2.45. The Hall–Kier alpha value is -1.01. The van der Waals surface area contributed by atoms with Crippen LogP contribution in [0.2, 0.25) is 0 Å². The van der Waals surface area contributed by atoms with Crippen LogP contribution in [0.4, 0.5) is 8.78 Å². The summed E-state index contributed by atoms with van der Waals surface area (Å²) in [5.41, 5.74) is 0.740. The smallest absolute Gasteiger partial charge is 0.261 e. The number of hydrogen-bond acceptors (Lipinski definition) is 4. The molecule has 0 fully saturated rings.